The fraction of sp³-hybridized carbons (Fsp3) is 0.560. The molecule has 2 unspecified atom stereocenters. The van der Waals surface area contributed by atoms with Crippen LogP contribution >= 0.6 is 0 Å². The van der Waals surface area contributed by atoms with Crippen molar-refractivity contribution >= 4 is 24.0 Å². The number of carbonyl (C=O) groups excluding carboxylic acids is 3. The quantitative estimate of drug-likeness (QED) is 0.650. The lowest BCUT2D eigenvalue weighted by Crippen LogP contribution is -2.58. The number of benzene rings is 1. The third-order valence-corrected chi connectivity index (χ3v) is 4.46. The Morgan fingerprint density at radius 2 is 1.62 bits per heavy atom. The van der Waals surface area contributed by atoms with E-state index in [1.54, 1.807) is 33.8 Å². The Balaban J connectivity index is 3.43. The lowest BCUT2D eigenvalue weighted by atomic mass is 9.94. The molecule has 7 heteroatoms. The molecule has 2 atom stereocenters. The smallest absolute Gasteiger partial charge is 0.408 e. The van der Waals surface area contributed by atoms with Gasteiger partial charge in [-0.1, -0.05) is 30.9 Å². The molecule has 0 aliphatic carbocycles. The molecule has 0 bridgehead atoms. The van der Waals surface area contributed by atoms with Gasteiger partial charge < -0.3 is 20.3 Å². The number of nitrogens with zero attached hydrogens (tertiary/aromatic N) is 1. The lowest BCUT2D eigenvalue weighted by molar-refractivity contribution is -0.148. The first kappa shape index (κ1) is 27.2. The fourth-order valence-electron chi connectivity index (χ4n) is 3.24. The zero-order chi connectivity index (χ0) is 24.9. The fourth-order valence-corrected chi connectivity index (χ4v) is 3.24. The average molecular weight is 446 g/mol. The Hall–Kier alpha value is -2.83. The number of hydrogen-bond acceptors (Lipinski definition) is 4. The maximum absolute atomic E-state index is 13.6. The number of nitrogens with one attached hydrogen (secondary N) is 2. The van der Waals surface area contributed by atoms with Crippen molar-refractivity contribution in [3.8, 4) is 0 Å². The van der Waals surface area contributed by atoms with Crippen LogP contribution in [0.2, 0.25) is 0 Å². The summed E-state index contributed by atoms with van der Waals surface area (Å²) in [5, 5.41) is 5.52. The molecule has 32 heavy (non-hydrogen) atoms. The molecule has 0 aromatic heterocycles. The van der Waals surface area contributed by atoms with Gasteiger partial charge in [0.15, 0.2) is 0 Å². The van der Waals surface area contributed by atoms with E-state index in [2.05, 4.69) is 17.2 Å². The SMILES string of the molecule is C=Cc1cccc(C(C(=O)NC(C)C)N(C(=O)C(C)NC(=O)OC(C)(C)C)C(C)(C)C)c1. The lowest BCUT2D eigenvalue weighted by Gasteiger charge is -2.42. The monoisotopic (exact) mass is 445 g/mol. The molecular formula is C25H39N3O4. The van der Waals surface area contributed by atoms with Crippen molar-refractivity contribution in [3.05, 3.63) is 42.0 Å². The molecule has 3 amide bonds. The van der Waals surface area contributed by atoms with Crippen molar-refractivity contribution in [3.63, 3.8) is 0 Å². The molecule has 7 nitrogen and oxygen atoms in total. The third-order valence-electron chi connectivity index (χ3n) is 4.46. The van der Waals surface area contributed by atoms with E-state index >= 15 is 0 Å². The Labute approximate surface area is 192 Å². The van der Waals surface area contributed by atoms with E-state index in [1.807, 2.05) is 58.9 Å². The molecule has 1 rings (SSSR count). The van der Waals surface area contributed by atoms with Crippen molar-refractivity contribution in [2.24, 2.45) is 0 Å². The topological polar surface area (TPSA) is 87.7 Å². The molecule has 1 aromatic carbocycles. The van der Waals surface area contributed by atoms with E-state index < -0.39 is 35.2 Å². The zero-order valence-corrected chi connectivity index (χ0v) is 20.9. The van der Waals surface area contributed by atoms with Gasteiger partial charge in [-0.2, -0.15) is 0 Å². The standard InChI is InChI=1S/C25H39N3O4/c1-11-18-13-12-14-19(15-18)20(21(29)26-16(2)3)28(24(5,6)7)22(30)17(4)27-23(31)32-25(8,9)10/h11-17,20H,1H2,2-10H3,(H,26,29)(H,27,31). The maximum atomic E-state index is 13.6. The molecule has 0 saturated heterocycles. The molecule has 0 spiro atoms. The van der Waals surface area contributed by atoms with Gasteiger partial charge in [0, 0.05) is 11.6 Å². The number of ether oxygens (including phenoxy) is 1. The van der Waals surface area contributed by atoms with Gasteiger partial charge in [0.2, 0.25) is 11.8 Å². The second kappa shape index (κ2) is 10.7. The van der Waals surface area contributed by atoms with Crippen molar-refractivity contribution in [2.75, 3.05) is 0 Å². The van der Waals surface area contributed by atoms with Gasteiger partial charge in [0.1, 0.15) is 17.7 Å². The predicted molar refractivity (Wildman–Crippen MR) is 128 cm³/mol. The predicted octanol–water partition coefficient (Wildman–Crippen LogP) is 4.44. The van der Waals surface area contributed by atoms with Crippen molar-refractivity contribution in [1.29, 1.82) is 0 Å². The van der Waals surface area contributed by atoms with Crippen molar-refractivity contribution in [2.45, 2.75) is 91.6 Å². The number of rotatable bonds is 7. The molecule has 1 aromatic rings. The average Bonchev–Trinajstić information content (AvgIpc) is 2.62. The van der Waals surface area contributed by atoms with Gasteiger partial charge in [-0.3, -0.25) is 9.59 Å². The summed E-state index contributed by atoms with van der Waals surface area (Å²) in [6.45, 7) is 19.9. The summed E-state index contributed by atoms with van der Waals surface area (Å²) < 4.78 is 5.29. The van der Waals surface area contributed by atoms with Gasteiger partial charge in [0.05, 0.1) is 0 Å². The first-order chi connectivity index (χ1) is 14.6. The summed E-state index contributed by atoms with van der Waals surface area (Å²) in [7, 11) is 0. The molecule has 0 fully saturated rings. The van der Waals surface area contributed by atoms with E-state index in [0.29, 0.717) is 5.56 Å². The summed E-state index contributed by atoms with van der Waals surface area (Å²) in [4.78, 5) is 40.7. The summed E-state index contributed by atoms with van der Waals surface area (Å²) in [5.74, 6) is -0.690. The summed E-state index contributed by atoms with van der Waals surface area (Å²) >= 11 is 0. The summed E-state index contributed by atoms with van der Waals surface area (Å²) in [6.07, 6.45) is 1.00. The van der Waals surface area contributed by atoms with Crippen LogP contribution in [-0.2, 0) is 14.3 Å². The summed E-state index contributed by atoms with van der Waals surface area (Å²) in [5.41, 5.74) is 0.0882. The summed E-state index contributed by atoms with van der Waals surface area (Å²) in [6, 6.07) is 5.46. The molecule has 0 heterocycles. The minimum absolute atomic E-state index is 0.109. The minimum Gasteiger partial charge on any atom is -0.444 e. The van der Waals surface area contributed by atoms with Crippen LogP contribution in [0.1, 0.15) is 79.5 Å². The van der Waals surface area contributed by atoms with E-state index in [9.17, 15) is 14.4 Å². The van der Waals surface area contributed by atoms with Gasteiger partial charge in [-0.15, -0.1) is 0 Å². The van der Waals surface area contributed by atoms with Crippen molar-refractivity contribution in [1.82, 2.24) is 15.5 Å². The highest BCUT2D eigenvalue weighted by Crippen LogP contribution is 2.30. The van der Waals surface area contributed by atoms with Gasteiger partial charge in [-0.05, 0) is 79.5 Å². The Morgan fingerprint density at radius 3 is 2.09 bits per heavy atom. The highest BCUT2D eigenvalue weighted by atomic mass is 16.6. The number of hydrogen-bond donors (Lipinski definition) is 2. The van der Waals surface area contributed by atoms with Gasteiger partial charge in [0.25, 0.3) is 0 Å². The minimum atomic E-state index is -0.902. The number of alkyl carbamates (subject to hydrolysis) is 1. The van der Waals surface area contributed by atoms with E-state index in [-0.39, 0.29) is 11.9 Å². The molecule has 0 aliphatic heterocycles. The van der Waals surface area contributed by atoms with Crippen LogP contribution in [-0.4, -0.2) is 46.0 Å². The first-order valence-corrected chi connectivity index (χ1v) is 10.9. The highest BCUT2D eigenvalue weighted by molar-refractivity contribution is 5.92. The Morgan fingerprint density at radius 1 is 1.03 bits per heavy atom. The largest absolute Gasteiger partial charge is 0.444 e. The van der Waals surface area contributed by atoms with Crippen LogP contribution in [0.15, 0.2) is 30.8 Å². The van der Waals surface area contributed by atoms with Crippen LogP contribution < -0.4 is 10.6 Å². The van der Waals surface area contributed by atoms with Crippen LogP contribution in [0.4, 0.5) is 4.79 Å². The Bertz CT molecular complexity index is 834. The molecular weight excluding hydrogens is 406 g/mol. The Kier molecular flexibility index (Phi) is 9.06. The molecule has 0 saturated carbocycles. The molecule has 178 valence electrons. The normalized spacial score (nSPS) is 13.7. The first-order valence-electron chi connectivity index (χ1n) is 10.9. The van der Waals surface area contributed by atoms with E-state index in [4.69, 9.17) is 4.74 Å². The number of amides is 3. The molecule has 0 radical (unpaired) electrons. The molecule has 2 N–H and O–H groups in total. The van der Waals surface area contributed by atoms with Crippen LogP contribution in [0.3, 0.4) is 0 Å². The van der Waals surface area contributed by atoms with Crippen LogP contribution in [0, 0.1) is 0 Å². The zero-order valence-electron chi connectivity index (χ0n) is 20.9. The molecule has 0 aliphatic rings. The van der Waals surface area contributed by atoms with Gasteiger partial charge in [-0.25, -0.2) is 4.79 Å². The van der Waals surface area contributed by atoms with Crippen LogP contribution in [0.25, 0.3) is 6.08 Å². The van der Waals surface area contributed by atoms with Crippen molar-refractivity contribution < 1.29 is 19.1 Å². The second-order valence-electron chi connectivity index (χ2n) is 10.2. The van der Waals surface area contributed by atoms with Gasteiger partial charge >= 0.3 is 6.09 Å². The van der Waals surface area contributed by atoms with Crippen LogP contribution in [0.5, 0.6) is 0 Å². The second-order valence-corrected chi connectivity index (χ2v) is 10.2. The maximum Gasteiger partial charge on any atom is 0.408 e. The van der Waals surface area contributed by atoms with E-state index in [1.165, 1.54) is 4.90 Å². The third kappa shape index (κ3) is 8.02. The van der Waals surface area contributed by atoms with E-state index in [0.717, 1.165) is 5.56 Å². The highest BCUT2D eigenvalue weighted by Gasteiger charge is 2.40. The number of carbonyl (C=O) groups is 3.